The lowest BCUT2D eigenvalue weighted by Crippen LogP contribution is -2.20. The van der Waals surface area contributed by atoms with E-state index in [9.17, 15) is 9.59 Å². The second kappa shape index (κ2) is 4.77. The summed E-state index contributed by atoms with van der Waals surface area (Å²) in [5.74, 6) is 0.321. The molecule has 0 fully saturated rings. The molecule has 0 spiro atoms. The van der Waals surface area contributed by atoms with E-state index >= 15 is 0 Å². The zero-order chi connectivity index (χ0) is 14.1. The van der Waals surface area contributed by atoms with E-state index < -0.39 is 0 Å². The van der Waals surface area contributed by atoms with E-state index in [0.717, 1.165) is 11.3 Å². The summed E-state index contributed by atoms with van der Waals surface area (Å²) in [5, 5.41) is 2.72. The Kier molecular flexibility index (Phi) is 2.95. The van der Waals surface area contributed by atoms with Crippen LogP contribution < -0.4 is 10.2 Å². The fraction of sp³-hybridized carbons (Fsp3) is 0.133. The maximum atomic E-state index is 12.1. The van der Waals surface area contributed by atoms with E-state index in [-0.39, 0.29) is 11.8 Å². The van der Waals surface area contributed by atoms with E-state index in [1.54, 1.807) is 54.5 Å². The van der Waals surface area contributed by atoms with Crippen molar-refractivity contribution >= 4 is 23.3 Å². The lowest BCUT2D eigenvalue weighted by atomic mass is 10.1. The zero-order valence-corrected chi connectivity index (χ0v) is 11.0. The summed E-state index contributed by atoms with van der Waals surface area (Å²) in [7, 11) is 1.74. The summed E-state index contributed by atoms with van der Waals surface area (Å²) < 4.78 is 0. The number of pyridine rings is 1. The Morgan fingerprint density at radius 1 is 1.30 bits per heavy atom. The number of aromatic nitrogens is 1. The molecule has 5 heteroatoms. The van der Waals surface area contributed by atoms with Crippen LogP contribution in [0.4, 0.5) is 11.5 Å². The minimum absolute atomic E-state index is 0.0438. The van der Waals surface area contributed by atoms with Crippen molar-refractivity contribution in [3.8, 4) is 0 Å². The number of fused-ring (bicyclic) bond motifs is 1. The summed E-state index contributed by atoms with van der Waals surface area (Å²) in [4.78, 5) is 29.4. The summed E-state index contributed by atoms with van der Waals surface area (Å²) in [6.07, 6.45) is 1.96. The van der Waals surface area contributed by atoms with Gasteiger partial charge in [-0.3, -0.25) is 9.59 Å². The van der Waals surface area contributed by atoms with Crippen molar-refractivity contribution in [3.63, 3.8) is 0 Å². The molecule has 100 valence electrons. The third kappa shape index (κ3) is 2.14. The Bertz CT molecular complexity index is 683. The van der Waals surface area contributed by atoms with E-state index in [1.165, 1.54) is 0 Å². The van der Waals surface area contributed by atoms with Gasteiger partial charge in [0.2, 0.25) is 5.91 Å². The van der Waals surface area contributed by atoms with Crippen molar-refractivity contribution in [2.75, 3.05) is 17.3 Å². The van der Waals surface area contributed by atoms with Gasteiger partial charge in [0.05, 0.1) is 6.42 Å². The quantitative estimate of drug-likeness (QED) is 0.903. The van der Waals surface area contributed by atoms with Gasteiger partial charge in [-0.15, -0.1) is 0 Å². The molecule has 0 saturated carbocycles. The molecule has 20 heavy (non-hydrogen) atoms. The first kappa shape index (κ1) is 12.3. The minimum Gasteiger partial charge on any atom is -0.315 e. The maximum Gasteiger partial charge on any atom is 0.256 e. The fourth-order valence-corrected chi connectivity index (χ4v) is 2.24. The molecule has 0 radical (unpaired) electrons. The third-order valence-corrected chi connectivity index (χ3v) is 3.33. The number of carbonyl (C=O) groups is 2. The second-order valence-electron chi connectivity index (χ2n) is 4.64. The van der Waals surface area contributed by atoms with Crippen molar-refractivity contribution in [2.45, 2.75) is 6.42 Å². The molecule has 1 aromatic carbocycles. The monoisotopic (exact) mass is 267 g/mol. The molecule has 0 saturated heterocycles. The Labute approximate surface area is 116 Å². The second-order valence-corrected chi connectivity index (χ2v) is 4.64. The van der Waals surface area contributed by atoms with Crippen molar-refractivity contribution in [1.29, 1.82) is 0 Å². The molecular formula is C15H13N3O2. The Morgan fingerprint density at radius 3 is 2.90 bits per heavy atom. The Balaban J connectivity index is 1.84. The fourth-order valence-electron chi connectivity index (χ4n) is 2.24. The SMILES string of the molecule is CN1C(=O)Cc2cc(C(=O)Nc3ccccn3)ccc21. The Hall–Kier alpha value is -2.69. The van der Waals surface area contributed by atoms with Crippen LogP contribution in [-0.2, 0) is 11.2 Å². The van der Waals surface area contributed by atoms with Gasteiger partial charge in [-0.25, -0.2) is 4.98 Å². The maximum absolute atomic E-state index is 12.1. The summed E-state index contributed by atoms with van der Waals surface area (Å²) in [6, 6.07) is 10.6. The lowest BCUT2D eigenvalue weighted by molar-refractivity contribution is -0.117. The van der Waals surface area contributed by atoms with Crippen LogP contribution >= 0.6 is 0 Å². The number of amides is 2. The van der Waals surface area contributed by atoms with Crippen LogP contribution in [0.2, 0.25) is 0 Å². The molecule has 2 amide bonds. The first-order valence-electron chi connectivity index (χ1n) is 6.27. The molecule has 0 aliphatic carbocycles. The van der Waals surface area contributed by atoms with Gasteiger partial charge in [0.15, 0.2) is 0 Å². The number of rotatable bonds is 2. The number of nitrogens with one attached hydrogen (secondary N) is 1. The molecule has 2 heterocycles. The van der Waals surface area contributed by atoms with Crippen LogP contribution in [0.15, 0.2) is 42.6 Å². The van der Waals surface area contributed by atoms with Crippen molar-refractivity contribution in [2.24, 2.45) is 0 Å². The highest BCUT2D eigenvalue weighted by atomic mass is 16.2. The molecule has 0 unspecified atom stereocenters. The van der Waals surface area contributed by atoms with Crippen LogP contribution in [0.3, 0.4) is 0 Å². The van der Waals surface area contributed by atoms with Crippen LogP contribution in [0, 0.1) is 0 Å². The summed E-state index contributed by atoms with van der Waals surface area (Å²) in [6.45, 7) is 0. The van der Waals surface area contributed by atoms with Gasteiger partial charge in [-0.05, 0) is 35.9 Å². The number of benzene rings is 1. The Morgan fingerprint density at radius 2 is 2.15 bits per heavy atom. The van der Waals surface area contributed by atoms with Gasteiger partial charge >= 0.3 is 0 Å². The van der Waals surface area contributed by atoms with Gasteiger partial charge in [0.25, 0.3) is 5.91 Å². The number of carbonyl (C=O) groups excluding carboxylic acids is 2. The molecule has 1 aliphatic heterocycles. The number of nitrogens with zero attached hydrogens (tertiary/aromatic N) is 2. The first-order valence-corrected chi connectivity index (χ1v) is 6.27. The minimum atomic E-state index is -0.228. The van der Waals surface area contributed by atoms with E-state index in [0.29, 0.717) is 17.8 Å². The predicted octanol–water partition coefficient (Wildman–Crippen LogP) is 1.85. The molecular weight excluding hydrogens is 254 g/mol. The van der Waals surface area contributed by atoms with Crippen molar-refractivity contribution < 1.29 is 9.59 Å². The number of anilines is 2. The van der Waals surface area contributed by atoms with E-state index in [4.69, 9.17) is 0 Å². The highest BCUT2D eigenvalue weighted by Crippen LogP contribution is 2.28. The molecule has 5 nitrogen and oxygen atoms in total. The topological polar surface area (TPSA) is 62.3 Å². The van der Waals surface area contributed by atoms with Crippen LogP contribution in [0.1, 0.15) is 15.9 Å². The normalized spacial score (nSPS) is 13.2. The highest BCUT2D eigenvalue weighted by Gasteiger charge is 2.24. The van der Waals surface area contributed by atoms with Crippen LogP contribution in [0.25, 0.3) is 0 Å². The highest BCUT2D eigenvalue weighted by molar-refractivity contribution is 6.06. The number of likely N-dealkylation sites (N-methyl/N-ethyl adjacent to an activating group) is 1. The van der Waals surface area contributed by atoms with E-state index in [2.05, 4.69) is 10.3 Å². The molecule has 1 N–H and O–H groups in total. The molecule has 1 aromatic heterocycles. The average molecular weight is 267 g/mol. The van der Waals surface area contributed by atoms with E-state index in [1.807, 2.05) is 0 Å². The standard InChI is InChI=1S/C15H13N3O2/c1-18-12-6-5-10(8-11(12)9-14(18)19)15(20)17-13-4-2-3-7-16-13/h2-8H,9H2,1H3,(H,16,17,20). The first-order chi connectivity index (χ1) is 9.65. The van der Waals surface area contributed by atoms with Crippen LogP contribution in [0.5, 0.6) is 0 Å². The summed E-state index contributed by atoms with van der Waals surface area (Å²) >= 11 is 0. The van der Waals surface area contributed by atoms with Crippen molar-refractivity contribution in [3.05, 3.63) is 53.7 Å². The third-order valence-electron chi connectivity index (χ3n) is 3.33. The van der Waals surface area contributed by atoms with Gasteiger partial charge in [-0.1, -0.05) is 6.07 Å². The molecule has 0 bridgehead atoms. The van der Waals surface area contributed by atoms with Crippen LogP contribution in [-0.4, -0.2) is 23.8 Å². The number of hydrogen-bond donors (Lipinski definition) is 1. The predicted molar refractivity (Wildman–Crippen MR) is 75.7 cm³/mol. The van der Waals surface area contributed by atoms with Gasteiger partial charge in [0, 0.05) is 24.5 Å². The lowest BCUT2D eigenvalue weighted by Gasteiger charge is -2.10. The smallest absolute Gasteiger partial charge is 0.256 e. The molecule has 1 aliphatic rings. The largest absolute Gasteiger partial charge is 0.315 e. The van der Waals surface area contributed by atoms with Gasteiger partial charge in [-0.2, -0.15) is 0 Å². The summed E-state index contributed by atoms with van der Waals surface area (Å²) in [5.41, 5.74) is 2.27. The molecule has 3 rings (SSSR count). The molecule has 0 atom stereocenters. The molecule has 2 aromatic rings. The van der Waals surface area contributed by atoms with Gasteiger partial charge < -0.3 is 10.2 Å². The van der Waals surface area contributed by atoms with Crippen molar-refractivity contribution in [1.82, 2.24) is 4.98 Å². The number of hydrogen-bond acceptors (Lipinski definition) is 3. The van der Waals surface area contributed by atoms with Gasteiger partial charge in [0.1, 0.15) is 5.82 Å². The average Bonchev–Trinajstić information content (AvgIpc) is 2.74. The zero-order valence-electron chi connectivity index (χ0n) is 11.0.